The molecular weight excluding hydrogens is 252 g/mol. The number of fused-ring (bicyclic) bond motifs is 1. The van der Waals surface area contributed by atoms with E-state index >= 15 is 0 Å². The van der Waals surface area contributed by atoms with E-state index in [2.05, 4.69) is 39.9 Å². The predicted octanol–water partition coefficient (Wildman–Crippen LogP) is 2.11. The van der Waals surface area contributed by atoms with E-state index < -0.39 is 0 Å². The second-order valence-corrected chi connectivity index (χ2v) is 5.59. The molecule has 0 bridgehead atoms. The molecule has 2 aromatic rings. The molecule has 0 radical (unpaired) electrons. The molecule has 1 saturated heterocycles. The van der Waals surface area contributed by atoms with Crippen molar-refractivity contribution in [3.8, 4) is 0 Å². The summed E-state index contributed by atoms with van der Waals surface area (Å²) in [5.41, 5.74) is 2.95. The third kappa shape index (κ3) is 2.45. The lowest BCUT2D eigenvalue weighted by atomic mass is 10.1. The molecule has 3 rings (SSSR count). The molecule has 1 aliphatic rings. The first-order valence-electron chi connectivity index (χ1n) is 7.03. The number of anilines is 1. The van der Waals surface area contributed by atoms with Gasteiger partial charge >= 0.3 is 0 Å². The monoisotopic (exact) mass is 272 g/mol. The maximum absolute atomic E-state index is 5.45. The summed E-state index contributed by atoms with van der Waals surface area (Å²) in [4.78, 5) is 15.5. The number of ether oxygens (including phenoxy) is 1. The van der Waals surface area contributed by atoms with Crippen LogP contribution in [0, 0.1) is 19.8 Å². The van der Waals surface area contributed by atoms with Gasteiger partial charge in [-0.15, -0.1) is 0 Å². The first kappa shape index (κ1) is 13.2. The maximum Gasteiger partial charge on any atom is 0.165 e. The highest BCUT2D eigenvalue weighted by Gasteiger charge is 2.20. The average molecular weight is 272 g/mol. The topological polar surface area (TPSA) is 51.1 Å². The van der Waals surface area contributed by atoms with Crippen molar-refractivity contribution in [2.75, 3.05) is 31.7 Å². The summed E-state index contributed by atoms with van der Waals surface area (Å²) in [6, 6.07) is 2.09. The number of aromatic nitrogens is 3. The zero-order valence-electron chi connectivity index (χ0n) is 12.3. The maximum atomic E-state index is 5.45. The van der Waals surface area contributed by atoms with Crippen LogP contribution in [0.4, 0.5) is 5.82 Å². The molecule has 3 heterocycles. The number of aryl methyl sites for hydroxylation is 2. The summed E-state index contributed by atoms with van der Waals surface area (Å²) < 4.78 is 5.45. The van der Waals surface area contributed by atoms with Gasteiger partial charge in [-0.25, -0.2) is 15.0 Å². The number of hydrogen-bond acceptors (Lipinski definition) is 5. The van der Waals surface area contributed by atoms with Crippen molar-refractivity contribution in [2.24, 2.45) is 5.92 Å². The molecular formula is C15H20N4O. The van der Waals surface area contributed by atoms with E-state index in [1.54, 1.807) is 6.33 Å². The van der Waals surface area contributed by atoms with E-state index in [0.717, 1.165) is 48.7 Å². The van der Waals surface area contributed by atoms with Gasteiger partial charge in [-0.3, -0.25) is 0 Å². The van der Waals surface area contributed by atoms with E-state index in [4.69, 9.17) is 4.74 Å². The van der Waals surface area contributed by atoms with Gasteiger partial charge in [0.15, 0.2) is 5.65 Å². The Morgan fingerprint density at radius 1 is 1.35 bits per heavy atom. The van der Waals surface area contributed by atoms with Gasteiger partial charge in [-0.1, -0.05) is 0 Å². The largest absolute Gasteiger partial charge is 0.381 e. The Labute approximate surface area is 119 Å². The van der Waals surface area contributed by atoms with Crippen molar-refractivity contribution in [3.63, 3.8) is 0 Å². The van der Waals surface area contributed by atoms with Crippen LogP contribution in [0.3, 0.4) is 0 Å². The van der Waals surface area contributed by atoms with E-state index in [9.17, 15) is 0 Å². The molecule has 1 fully saturated rings. The van der Waals surface area contributed by atoms with Crippen LogP contribution in [-0.4, -0.2) is 41.8 Å². The van der Waals surface area contributed by atoms with Gasteiger partial charge in [-0.05, 0) is 31.9 Å². The van der Waals surface area contributed by atoms with Crippen molar-refractivity contribution in [1.82, 2.24) is 15.0 Å². The number of pyridine rings is 1. The Kier molecular flexibility index (Phi) is 3.53. The third-order valence-corrected chi connectivity index (χ3v) is 3.83. The molecule has 0 aliphatic carbocycles. The number of nitrogens with zero attached hydrogens (tertiary/aromatic N) is 4. The van der Waals surface area contributed by atoms with Gasteiger partial charge in [0.1, 0.15) is 12.1 Å². The van der Waals surface area contributed by atoms with Crippen LogP contribution in [0.2, 0.25) is 0 Å². The highest BCUT2D eigenvalue weighted by molar-refractivity contribution is 5.89. The first-order valence-corrected chi connectivity index (χ1v) is 7.03. The van der Waals surface area contributed by atoms with Crippen LogP contribution in [0.25, 0.3) is 11.0 Å². The third-order valence-electron chi connectivity index (χ3n) is 3.83. The van der Waals surface area contributed by atoms with Crippen molar-refractivity contribution in [3.05, 3.63) is 23.7 Å². The SMILES string of the molecule is Cc1cc(C)c2c(N(C)CC3CCOC3)ncnc2n1. The number of hydrogen-bond donors (Lipinski definition) is 0. The van der Waals surface area contributed by atoms with E-state index in [1.807, 2.05) is 6.92 Å². The fraction of sp³-hybridized carbons (Fsp3) is 0.533. The summed E-state index contributed by atoms with van der Waals surface area (Å²) in [5, 5.41) is 1.06. The Morgan fingerprint density at radius 3 is 2.95 bits per heavy atom. The van der Waals surface area contributed by atoms with Gasteiger partial charge in [-0.2, -0.15) is 0 Å². The minimum atomic E-state index is 0.587. The molecule has 0 amide bonds. The highest BCUT2D eigenvalue weighted by Crippen LogP contribution is 2.26. The number of rotatable bonds is 3. The minimum Gasteiger partial charge on any atom is -0.381 e. The smallest absolute Gasteiger partial charge is 0.165 e. The zero-order valence-corrected chi connectivity index (χ0v) is 12.3. The Bertz CT molecular complexity index is 623. The Hall–Kier alpha value is -1.75. The van der Waals surface area contributed by atoms with Crippen LogP contribution in [0.15, 0.2) is 12.4 Å². The second-order valence-electron chi connectivity index (χ2n) is 5.59. The highest BCUT2D eigenvalue weighted by atomic mass is 16.5. The molecule has 5 nitrogen and oxygen atoms in total. The summed E-state index contributed by atoms with van der Waals surface area (Å²) in [6.45, 7) is 6.77. The molecule has 106 valence electrons. The molecule has 2 aromatic heterocycles. The molecule has 20 heavy (non-hydrogen) atoms. The van der Waals surface area contributed by atoms with Crippen LogP contribution < -0.4 is 4.90 Å². The molecule has 1 atom stereocenters. The fourth-order valence-electron chi connectivity index (χ4n) is 2.88. The van der Waals surface area contributed by atoms with Crippen LogP contribution in [-0.2, 0) is 4.74 Å². The average Bonchev–Trinajstić information content (AvgIpc) is 2.90. The van der Waals surface area contributed by atoms with E-state index in [-0.39, 0.29) is 0 Å². The molecule has 0 N–H and O–H groups in total. The van der Waals surface area contributed by atoms with Gasteiger partial charge in [0.05, 0.1) is 12.0 Å². The summed E-state index contributed by atoms with van der Waals surface area (Å²) in [5.74, 6) is 1.55. The van der Waals surface area contributed by atoms with Crippen LogP contribution >= 0.6 is 0 Å². The van der Waals surface area contributed by atoms with E-state index in [0.29, 0.717) is 5.92 Å². The van der Waals surface area contributed by atoms with Crippen molar-refractivity contribution in [2.45, 2.75) is 20.3 Å². The molecule has 1 unspecified atom stereocenters. The first-order chi connectivity index (χ1) is 9.65. The summed E-state index contributed by atoms with van der Waals surface area (Å²) >= 11 is 0. The lowest BCUT2D eigenvalue weighted by Crippen LogP contribution is -2.26. The van der Waals surface area contributed by atoms with Gasteiger partial charge in [0.2, 0.25) is 0 Å². The molecule has 5 heteroatoms. The van der Waals surface area contributed by atoms with Crippen molar-refractivity contribution in [1.29, 1.82) is 0 Å². The fourth-order valence-corrected chi connectivity index (χ4v) is 2.88. The van der Waals surface area contributed by atoms with Crippen LogP contribution in [0.5, 0.6) is 0 Å². The Balaban J connectivity index is 1.97. The predicted molar refractivity (Wildman–Crippen MR) is 79.0 cm³/mol. The summed E-state index contributed by atoms with van der Waals surface area (Å²) in [7, 11) is 2.08. The molecule has 0 saturated carbocycles. The lowest BCUT2D eigenvalue weighted by molar-refractivity contribution is 0.186. The molecule has 0 aromatic carbocycles. The van der Waals surface area contributed by atoms with E-state index in [1.165, 1.54) is 5.56 Å². The molecule has 0 spiro atoms. The van der Waals surface area contributed by atoms with Gasteiger partial charge in [0, 0.05) is 31.8 Å². The second kappa shape index (κ2) is 5.32. The Morgan fingerprint density at radius 2 is 2.20 bits per heavy atom. The van der Waals surface area contributed by atoms with Crippen molar-refractivity contribution >= 4 is 16.9 Å². The van der Waals surface area contributed by atoms with Gasteiger partial charge < -0.3 is 9.64 Å². The quantitative estimate of drug-likeness (QED) is 0.856. The minimum absolute atomic E-state index is 0.587. The molecule has 1 aliphatic heterocycles. The normalized spacial score (nSPS) is 18.6. The van der Waals surface area contributed by atoms with Crippen molar-refractivity contribution < 1.29 is 4.74 Å². The van der Waals surface area contributed by atoms with Gasteiger partial charge in [0.25, 0.3) is 0 Å². The zero-order chi connectivity index (χ0) is 14.1. The standard InChI is InChI=1S/C15H20N4O/c1-10-6-11(2)18-14-13(10)15(17-9-16-14)19(3)7-12-4-5-20-8-12/h6,9,12H,4-5,7-8H2,1-3H3. The lowest BCUT2D eigenvalue weighted by Gasteiger charge is -2.23. The van der Waals surface area contributed by atoms with Crippen LogP contribution in [0.1, 0.15) is 17.7 Å². The summed E-state index contributed by atoms with van der Waals surface area (Å²) in [6.07, 6.45) is 2.73.